The Bertz CT molecular complexity index is 785. The third-order valence-corrected chi connectivity index (χ3v) is 4.00. The van der Waals surface area contributed by atoms with Crippen LogP contribution in [0.15, 0.2) is 54.6 Å². The molecule has 122 valence electrons. The first-order valence-electron chi connectivity index (χ1n) is 7.73. The number of nitrogens with zero attached hydrogens (tertiary/aromatic N) is 1. The van der Waals surface area contributed by atoms with Gasteiger partial charge >= 0.3 is 5.97 Å². The summed E-state index contributed by atoms with van der Waals surface area (Å²) in [4.78, 5) is 37.8. The van der Waals surface area contributed by atoms with Crippen LogP contribution in [0, 0.1) is 5.92 Å². The number of amides is 1. The number of rotatable bonds is 4. The molecule has 0 spiro atoms. The summed E-state index contributed by atoms with van der Waals surface area (Å²) in [6, 6.07) is 15.8. The zero-order chi connectivity index (χ0) is 17.1. The fourth-order valence-electron chi connectivity index (χ4n) is 2.76. The van der Waals surface area contributed by atoms with Gasteiger partial charge in [0.2, 0.25) is 5.91 Å². The lowest BCUT2D eigenvalue weighted by atomic mass is 10.1. The van der Waals surface area contributed by atoms with Crippen molar-refractivity contribution in [3.63, 3.8) is 0 Å². The Kier molecular flexibility index (Phi) is 4.42. The maximum absolute atomic E-state index is 12.4. The third kappa shape index (κ3) is 3.20. The molecule has 2 aromatic carbocycles. The molecule has 0 unspecified atom stereocenters. The Balaban J connectivity index is 1.73. The molecule has 1 fully saturated rings. The molecule has 1 aliphatic rings. The number of benzene rings is 2. The number of anilines is 1. The first-order chi connectivity index (χ1) is 11.6. The highest BCUT2D eigenvalue weighted by molar-refractivity contribution is 6.00. The largest absolute Gasteiger partial charge is 0.425 e. The van der Waals surface area contributed by atoms with Gasteiger partial charge in [0.25, 0.3) is 0 Å². The van der Waals surface area contributed by atoms with E-state index in [1.54, 1.807) is 29.2 Å². The van der Waals surface area contributed by atoms with E-state index in [-0.39, 0.29) is 30.4 Å². The molecule has 5 nitrogen and oxygen atoms in total. The van der Waals surface area contributed by atoms with Gasteiger partial charge in [0, 0.05) is 18.7 Å². The van der Waals surface area contributed by atoms with Crippen molar-refractivity contribution in [2.45, 2.75) is 13.3 Å². The second-order valence-electron chi connectivity index (χ2n) is 5.71. The number of para-hydroxylation sites is 2. The van der Waals surface area contributed by atoms with Gasteiger partial charge in [0.05, 0.1) is 11.5 Å². The average molecular weight is 323 g/mol. The van der Waals surface area contributed by atoms with Gasteiger partial charge in [0.15, 0.2) is 5.78 Å². The second-order valence-corrected chi connectivity index (χ2v) is 5.71. The van der Waals surface area contributed by atoms with Crippen LogP contribution < -0.4 is 9.64 Å². The van der Waals surface area contributed by atoms with Gasteiger partial charge in [-0.1, -0.05) is 30.3 Å². The van der Waals surface area contributed by atoms with Crippen molar-refractivity contribution in [1.82, 2.24) is 0 Å². The van der Waals surface area contributed by atoms with Gasteiger partial charge in [-0.2, -0.15) is 0 Å². The molecule has 0 aromatic heterocycles. The molecule has 1 saturated heterocycles. The predicted octanol–water partition coefficient (Wildman–Crippen LogP) is 2.85. The van der Waals surface area contributed by atoms with E-state index < -0.39 is 11.9 Å². The summed E-state index contributed by atoms with van der Waals surface area (Å²) in [5.74, 6) is -1.08. The molecular formula is C19H17NO4. The van der Waals surface area contributed by atoms with E-state index in [9.17, 15) is 14.4 Å². The number of ketones is 1. The Labute approximate surface area is 139 Å². The van der Waals surface area contributed by atoms with Crippen LogP contribution in [0.1, 0.15) is 23.7 Å². The van der Waals surface area contributed by atoms with Crippen LogP contribution in [0.25, 0.3) is 0 Å². The van der Waals surface area contributed by atoms with Gasteiger partial charge in [-0.25, -0.2) is 0 Å². The maximum atomic E-state index is 12.4. The number of hydrogen-bond donors (Lipinski definition) is 0. The highest BCUT2D eigenvalue weighted by Gasteiger charge is 2.36. The number of ether oxygens (including phenoxy) is 1. The number of carbonyl (C=O) groups excluding carboxylic acids is 3. The lowest BCUT2D eigenvalue weighted by molar-refractivity contribution is -0.139. The van der Waals surface area contributed by atoms with E-state index in [4.69, 9.17) is 4.74 Å². The van der Waals surface area contributed by atoms with E-state index in [0.717, 1.165) is 5.69 Å². The van der Waals surface area contributed by atoms with Crippen LogP contribution in [-0.2, 0) is 9.59 Å². The lowest BCUT2D eigenvalue weighted by Gasteiger charge is -2.16. The van der Waals surface area contributed by atoms with Crippen molar-refractivity contribution in [1.29, 1.82) is 0 Å². The summed E-state index contributed by atoms with van der Waals surface area (Å²) in [7, 11) is 0. The SMILES string of the molecule is CC(=O)c1ccccc1OC(=O)[C@@H]1CC(=O)N(c2ccccc2)C1. The Morgan fingerprint density at radius 2 is 1.71 bits per heavy atom. The lowest BCUT2D eigenvalue weighted by Crippen LogP contribution is -2.27. The molecule has 0 bridgehead atoms. The van der Waals surface area contributed by atoms with Crippen molar-refractivity contribution in [3.05, 3.63) is 60.2 Å². The minimum atomic E-state index is -0.544. The van der Waals surface area contributed by atoms with E-state index >= 15 is 0 Å². The zero-order valence-corrected chi connectivity index (χ0v) is 13.3. The minimum absolute atomic E-state index is 0.107. The molecule has 1 aliphatic heterocycles. The molecule has 1 amide bonds. The van der Waals surface area contributed by atoms with Gasteiger partial charge in [-0.15, -0.1) is 0 Å². The number of hydrogen-bond acceptors (Lipinski definition) is 4. The van der Waals surface area contributed by atoms with Gasteiger partial charge in [0.1, 0.15) is 5.75 Å². The number of carbonyl (C=O) groups is 3. The Hall–Kier alpha value is -2.95. The summed E-state index contributed by atoms with van der Waals surface area (Å²) < 4.78 is 5.38. The Morgan fingerprint density at radius 1 is 1.04 bits per heavy atom. The van der Waals surface area contributed by atoms with Gasteiger partial charge in [-0.05, 0) is 31.2 Å². The van der Waals surface area contributed by atoms with E-state index in [1.165, 1.54) is 6.92 Å². The highest BCUT2D eigenvalue weighted by Crippen LogP contribution is 2.27. The summed E-state index contributed by atoms with van der Waals surface area (Å²) in [6.07, 6.45) is 0.107. The van der Waals surface area contributed by atoms with Crippen molar-refractivity contribution in [3.8, 4) is 5.75 Å². The number of Topliss-reactive ketones (excluding diaryl/α,β-unsaturated/α-hetero) is 1. The highest BCUT2D eigenvalue weighted by atomic mass is 16.5. The van der Waals surface area contributed by atoms with Gasteiger partial charge < -0.3 is 9.64 Å². The van der Waals surface area contributed by atoms with Crippen LogP contribution in [0.4, 0.5) is 5.69 Å². The van der Waals surface area contributed by atoms with Gasteiger partial charge in [-0.3, -0.25) is 14.4 Å². The fourth-order valence-corrected chi connectivity index (χ4v) is 2.76. The third-order valence-electron chi connectivity index (χ3n) is 4.00. The van der Waals surface area contributed by atoms with E-state index in [2.05, 4.69) is 0 Å². The molecule has 0 radical (unpaired) electrons. The van der Waals surface area contributed by atoms with Crippen molar-refractivity contribution in [2.75, 3.05) is 11.4 Å². The van der Waals surface area contributed by atoms with E-state index in [0.29, 0.717) is 5.56 Å². The van der Waals surface area contributed by atoms with Crippen molar-refractivity contribution >= 4 is 23.3 Å². The molecule has 1 atom stereocenters. The summed E-state index contributed by atoms with van der Waals surface area (Å²) >= 11 is 0. The van der Waals surface area contributed by atoms with Crippen molar-refractivity contribution in [2.24, 2.45) is 5.92 Å². The molecule has 0 aliphatic carbocycles. The van der Waals surface area contributed by atoms with Crippen LogP contribution in [0.2, 0.25) is 0 Å². The molecule has 0 N–H and O–H groups in total. The topological polar surface area (TPSA) is 63.7 Å². The van der Waals surface area contributed by atoms with Crippen LogP contribution >= 0.6 is 0 Å². The monoisotopic (exact) mass is 323 g/mol. The summed E-state index contributed by atoms with van der Waals surface area (Å²) in [5.41, 5.74) is 1.12. The minimum Gasteiger partial charge on any atom is -0.425 e. The van der Waals surface area contributed by atoms with Crippen LogP contribution in [-0.4, -0.2) is 24.2 Å². The molecule has 5 heteroatoms. The molecular weight excluding hydrogens is 306 g/mol. The standard InChI is InChI=1S/C19H17NO4/c1-13(21)16-9-5-6-10-17(16)24-19(23)14-11-18(22)20(12-14)15-7-3-2-4-8-15/h2-10,14H,11-12H2,1H3/t14-/m1/s1. The maximum Gasteiger partial charge on any atom is 0.316 e. The average Bonchev–Trinajstić information content (AvgIpc) is 2.98. The van der Waals surface area contributed by atoms with E-state index in [1.807, 2.05) is 30.3 Å². The fraction of sp³-hybridized carbons (Fsp3) is 0.211. The zero-order valence-electron chi connectivity index (χ0n) is 13.3. The second kappa shape index (κ2) is 6.66. The van der Waals surface area contributed by atoms with Crippen LogP contribution in [0.3, 0.4) is 0 Å². The normalized spacial score (nSPS) is 17.0. The molecule has 0 saturated carbocycles. The molecule has 3 rings (SSSR count). The Morgan fingerprint density at radius 3 is 2.42 bits per heavy atom. The molecule has 24 heavy (non-hydrogen) atoms. The smallest absolute Gasteiger partial charge is 0.316 e. The first-order valence-corrected chi connectivity index (χ1v) is 7.73. The predicted molar refractivity (Wildman–Crippen MR) is 89.0 cm³/mol. The summed E-state index contributed by atoms with van der Waals surface area (Å²) in [5, 5.41) is 0. The number of esters is 1. The molecule has 1 heterocycles. The first kappa shape index (κ1) is 15.9. The van der Waals surface area contributed by atoms with Crippen molar-refractivity contribution < 1.29 is 19.1 Å². The molecule has 2 aromatic rings. The quantitative estimate of drug-likeness (QED) is 0.493. The van der Waals surface area contributed by atoms with Crippen LogP contribution in [0.5, 0.6) is 5.75 Å². The summed E-state index contributed by atoms with van der Waals surface area (Å²) in [6.45, 7) is 1.70.